The summed E-state index contributed by atoms with van der Waals surface area (Å²) in [7, 11) is 1.84. The molecule has 0 bridgehead atoms. The first kappa shape index (κ1) is 18.2. The summed E-state index contributed by atoms with van der Waals surface area (Å²) in [6.07, 6.45) is 1.64. The fourth-order valence-electron chi connectivity index (χ4n) is 3.76. The summed E-state index contributed by atoms with van der Waals surface area (Å²) < 4.78 is 15.8. The minimum atomic E-state index is -0.237. The van der Waals surface area contributed by atoms with Gasteiger partial charge in [-0.3, -0.25) is 4.68 Å². The molecule has 2 amide bonds. The first-order chi connectivity index (χ1) is 13.4. The molecule has 0 unspecified atom stereocenters. The van der Waals surface area contributed by atoms with Crippen LogP contribution in [0.3, 0.4) is 0 Å². The average Bonchev–Trinajstić information content (AvgIpc) is 2.95. The summed E-state index contributed by atoms with van der Waals surface area (Å²) in [6.45, 7) is 5.56. The van der Waals surface area contributed by atoms with Crippen LogP contribution in [0.5, 0.6) is 0 Å². The second kappa shape index (κ2) is 7.10. The van der Waals surface area contributed by atoms with Gasteiger partial charge in [0.1, 0.15) is 5.82 Å². The molecule has 7 nitrogen and oxygen atoms in total. The van der Waals surface area contributed by atoms with E-state index in [0.29, 0.717) is 31.0 Å². The van der Waals surface area contributed by atoms with Crippen LogP contribution in [0.4, 0.5) is 20.6 Å². The van der Waals surface area contributed by atoms with Crippen molar-refractivity contribution in [2.75, 3.05) is 29.9 Å². The molecule has 1 aliphatic rings. The molecular weight excluding hydrogens is 359 g/mol. The molecule has 3 aromatic rings. The number of rotatable bonds is 2. The zero-order chi connectivity index (χ0) is 19.8. The number of piperazine rings is 1. The molecule has 0 aliphatic carbocycles. The van der Waals surface area contributed by atoms with Crippen LogP contribution in [-0.2, 0) is 7.05 Å². The fourth-order valence-corrected chi connectivity index (χ4v) is 3.76. The normalized spacial score (nSPS) is 17.2. The number of halogens is 1. The fraction of sp³-hybridized carbons (Fsp3) is 0.350. The summed E-state index contributed by atoms with van der Waals surface area (Å²) in [5.74, 6) is -0.237. The number of nitrogens with zero attached hydrogens (tertiary/aromatic N) is 5. The van der Waals surface area contributed by atoms with Gasteiger partial charge in [-0.05, 0) is 32.0 Å². The van der Waals surface area contributed by atoms with E-state index in [1.807, 2.05) is 37.9 Å². The topological polar surface area (TPSA) is 66.3 Å². The maximum Gasteiger partial charge on any atom is 0.322 e. The number of amides is 2. The standard InChI is InChI=1S/C20H23FN6O/c1-13-12-26(18-7-5-4-6-17(18)21)8-9-27(13)20(28)23-15-10-16-14(2)24-25(3)19(16)22-11-15/h4-7,10-11,13H,8-9,12H2,1-3H3,(H,23,28)/t13-/m1/s1. The molecule has 1 N–H and O–H groups in total. The molecule has 146 valence electrons. The van der Waals surface area contributed by atoms with E-state index in [9.17, 15) is 9.18 Å². The van der Waals surface area contributed by atoms with Crippen molar-refractivity contribution >= 4 is 28.4 Å². The lowest BCUT2D eigenvalue weighted by Gasteiger charge is -2.40. The van der Waals surface area contributed by atoms with Crippen molar-refractivity contribution in [3.63, 3.8) is 0 Å². The van der Waals surface area contributed by atoms with Gasteiger partial charge >= 0.3 is 6.03 Å². The third-order valence-electron chi connectivity index (χ3n) is 5.20. The number of anilines is 2. The van der Waals surface area contributed by atoms with Crippen molar-refractivity contribution in [1.29, 1.82) is 0 Å². The maximum absolute atomic E-state index is 14.1. The van der Waals surface area contributed by atoms with E-state index >= 15 is 0 Å². The van der Waals surface area contributed by atoms with Crippen molar-refractivity contribution in [1.82, 2.24) is 19.7 Å². The number of urea groups is 1. The number of nitrogens with one attached hydrogen (secondary N) is 1. The Morgan fingerprint density at radius 1 is 1.29 bits per heavy atom. The molecule has 0 spiro atoms. The highest BCUT2D eigenvalue weighted by Gasteiger charge is 2.28. The number of aryl methyl sites for hydroxylation is 2. The van der Waals surface area contributed by atoms with Crippen molar-refractivity contribution in [3.05, 3.63) is 48.0 Å². The Morgan fingerprint density at radius 3 is 2.82 bits per heavy atom. The van der Waals surface area contributed by atoms with Gasteiger partial charge in [0.15, 0.2) is 5.65 Å². The predicted molar refractivity (Wildman–Crippen MR) is 107 cm³/mol. The number of para-hydroxylation sites is 1. The molecule has 3 heterocycles. The molecule has 0 saturated carbocycles. The van der Waals surface area contributed by atoms with E-state index in [1.54, 1.807) is 27.9 Å². The largest absolute Gasteiger partial charge is 0.365 e. The lowest BCUT2D eigenvalue weighted by atomic mass is 10.1. The summed E-state index contributed by atoms with van der Waals surface area (Å²) >= 11 is 0. The van der Waals surface area contributed by atoms with Crippen LogP contribution in [0.2, 0.25) is 0 Å². The summed E-state index contributed by atoms with van der Waals surface area (Å²) in [5, 5.41) is 8.20. The van der Waals surface area contributed by atoms with Crippen LogP contribution in [0.25, 0.3) is 11.0 Å². The number of fused-ring (bicyclic) bond motifs is 1. The summed E-state index contributed by atoms with van der Waals surface area (Å²) in [5.41, 5.74) is 2.86. The minimum absolute atomic E-state index is 0.0508. The van der Waals surface area contributed by atoms with Gasteiger partial charge < -0.3 is 15.1 Å². The van der Waals surface area contributed by atoms with Crippen molar-refractivity contribution < 1.29 is 9.18 Å². The van der Waals surface area contributed by atoms with E-state index in [1.165, 1.54) is 6.07 Å². The Hall–Kier alpha value is -3.16. The summed E-state index contributed by atoms with van der Waals surface area (Å²) in [4.78, 5) is 20.9. The van der Waals surface area contributed by atoms with E-state index < -0.39 is 0 Å². The molecule has 28 heavy (non-hydrogen) atoms. The molecule has 1 saturated heterocycles. The third kappa shape index (κ3) is 3.26. The number of benzene rings is 1. The first-order valence-electron chi connectivity index (χ1n) is 9.30. The van der Waals surface area contributed by atoms with Gasteiger partial charge in [-0.25, -0.2) is 14.2 Å². The van der Waals surface area contributed by atoms with E-state index in [4.69, 9.17) is 0 Å². The summed E-state index contributed by atoms with van der Waals surface area (Å²) in [6, 6.07) is 8.40. The molecule has 1 aromatic carbocycles. The highest BCUT2D eigenvalue weighted by Crippen LogP contribution is 2.23. The molecule has 4 rings (SSSR count). The van der Waals surface area contributed by atoms with Crippen molar-refractivity contribution in [2.45, 2.75) is 19.9 Å². The molecule has 1 atom stereocenters. The third-order valence-corrected chi connectivity index (χ3v) is 5.20. The van der Waals surface area contributed by atoms with Crippen LogP contribution >= 0.6 is 0 Å². The zero-order valence-electron chi connectivity index (χ0n) is 16.2. The molecular formula is C20H23FN6O. The van der Waals surface area contributed by atoms with Crippen molar-refractivity contribution in [2.24, 2.45) is 7.05 Å². The second-order valence-electron chi connectivity index (χ2n) is 7.17. The number of hydrogen-bond acceptors (Lipinski definition) is 4. The Kier molecular flexibility index (Phi) is 4.62. The predicted octanol–water partition coefficient (Wildman–Crippen LogP) is 3.16. The molecule has 0 radical (unpaired) electrons. The molecule has 8 heteroatoms. The lowest BCUT2D eigenvalue weighted by molar-refractivity contribution is 0.184. The molecule has 2 aromatic heterocycles. The van der Waals surface area contributed by atoms with E-state index in [-0.39, 0.29) is 17.9 Å². The number of hydrogen-bond donors (Lipinski definition) is 1. The van der Waals surface area contributed by atoms with Gasteiger partial charge in [-0.1, -0.05) is 12.1 Å². The Bertz CT molecular complexity index is 1030. The highest BCUT2D eigenvalue weighted by molar-refractivity contribution is 5.92. The monoisotopic (exact) mass is 382 g/mol. The Labute approximate surface area is 162 Å². The smallest absolute Gasteiger partial charge is 0.322 e. The van der Waals surface area contributed by atoms with Crippen LogP contribution in [-0.4, -0.2) is 51.4 Å². The van der Waals surface area contributed by atoms with Gasteiger partial charge in [0, 0.05) is 38.1 Å². The van der Waals surface area contributed by atoms with Crippen LogP contribution in [0.15, 0.2) is 36.5 Å². The highest BCUT2D eigenvalue weighted by atomic mass is 19.1. The van der Waals surface area contributed by atoms with Gasteiger partial charge in [0.05, 0.1) is 23.3 Å². The van der Waals surface area contributed by atoms with Gasteiger partial charge in [-0.15, -0.1) is 0 Å². The van der Waals surface area contributed by atoms with Crippen LogP contribution in [0, 0.1) is 12.7 Å². The van der Waals surface area contributed by atoms with Crippen molar-refractivity contribution in [3.8, 4) is 0 Å². The van der Waals surface area contributed by atoms with Gasteiger partial charge in [-0.2, -0.15) is 5.10 Å². The van der Waals surface area contributed by atoms with Gasteiger partial charge in [0.2, 0.25) is 0 Å². The van der Waals surface area contributed by atoms with Crippen LogP contribution < -0.4 is 10.2 Å². The van der Waals surface area contributed by atoms with Gasteiger partial charge in [0.25, 0.3) is 0 Å². The molecule has 1 fully saturated rings. The Balaban J connectivity index is 1.46. The maximum atomic E-state index is 14.1. The second-order valence-corrected chi connectivity index (χ2v) is 7.17. The average molecular weight is 382 g/mol. The molecule has 1 aliphatic heterocycles. The van der Waals surface area contributed by atoms with E-state index in [2.05, 4.69) is 15.4 Å². The number of carbonyl (C=O) groups is 1. The van der Waals surface area contributed by atoms with Crippen LogP contribution in [0.1, 0.15) is 12.6 Å². The number of pyridine rings is 1. The quantitative estimate of drug-likeness (QED) is 0.739. The lowest BCUT2D eigenvalue weighted by Crippen LogP contribution is -2.55. The van der Waals surface area contributed by atoms with E-state index in [0.717, 1.165) is 16.7 Å². The minimum Gasteiger partial charge on any atom is -0.365 e. The number of aromatic nitrogens is 3. The Morgan fingerprint density at radius 2 is 2.07 bits per heavy atom. The first-order valence-corrected chi connectivity index (χ1v) is 9.30. The number of carbonyl (C=O) groups excluding carboxylic acids is 1. The SMILES string of the molecule is Cc1nn(C)c2ncc(NC(=O)N3CCN(c4ccccc4F)C[C@H]3C)cc12. The zero-order valence-corrected chi connectivity index (χ0v) is 16.2.